The molecule has 5 heterocycles. The summed E-state index contributed by atoms with van der Waals surface area (Å²) in [6, 6.07) is 8.24. The van der Waals surface area contributed by atoms with Crippen LogP contribution in [0.4, 0.5) is 11.4 Å². The van der Waals surface area contributed by atoms with Crippen molar-refractivity contribution < 1.29 is 5.11 Å². The number of likely N-dealkylation sites (N-methyl/N-ethyl adjacent to an activating group) is 1. The third-order valence-electron chi connectivity index (χ3n) is 7.99. The van der Waals surface area contributed by atoms with E-state index in [2.05, 4.69) is 59.4 Å². The van der Waals surface area contributed by atoms with Crippen molar-refractivity contribution in [3.63, 3.8) is 0 Å². The maximum Gasteiger partial charge on any atom is 0.159 e. The first-order valence-corrected chi connectivity index (χ1v) is 13.3. The van der Waals surface area contributed by atoms with Crippen molar-refractivity contribution >= 4 is 33.3 Å². The molecule has 5 aromatic rings. The van der Waals surface area contributed by atoms with E-state index in [1.165, 1.54) is 6.42 Å². The topological polar surface area (TPSA) is 122 Å². The van der Waals surface area contributed by atoms with Gasteiger partial charge in [-0.25, -0.2) is 4.98 Å². The molecule has 2 aliphatic rings. The van der Waals surface area contributed by atoms with Gasteiger partial charge in [0.25, 0.3) is 0 Å². The van der Waals surface area contributed by atoms with Crippen LogP contribution in [0.1, 0.15) is 19.3 Å². The maximum atomic E-state index is 10.5. The highest BCUT2D eigenvalue weighted by Gasteiger charge is 2.25. The molecule has 4 N–H and O–H groups in total. The molecule has 2 fully saturated rings. The van der Waals surface area contributed by atoms with Crippen LogP contribution in [0.25, 0.3) is 44.6 Å². The first kappa shape index (κ1) is 23.1. The molecule has 10 heteroatoms. The van der Waals surface area contributed by atoms with Crippen LogP contribution >= 0.6 is 0 Å². The molecular weight excluding hydrogens is 478 g/mol. The van der Waals surface area contributed by atoms with Crippen molar-refractivity contribution in [3.8, 4) is 22.6 Å². The number of aliphatic hydroxyl groups is 1. The fourth-order valence-electron chi connectivity index (χ4n) is 5.40. The molecule has 0 amide bonds. The average Bonchev–Trinajstić information content (AvgIpc) is 3.52. The van der Waals surface area contributed by atoms with E-state index < -0.39 is 6.23 Å². The molecule has 1 atom stereocenters. The van der Waals surface area contributed by atoms with E-state index in [1.54, 1.807) is 6.20 Å². The second-order valence-corrected chi connectivity index (χ2v) is 10.5. The first-order chi connectivity index (χ1) is 18.6. The van der Waals surface area contributed by atoms with Crippen LogP contribution in [0, 0.1) is 5.92 Å². The summed E-state index contributed by atoms with van der Waals surface area (Å²) < 4.78 is 0. The molecule has 1 aromatic carbocycles. The van der Waals surface area contributed by atoms with Crippen LogP contribution < -0.4 is 10.2 Å². The lowest BCUT2D eigenvalue weighted by molar-refractivity contribution is 0.0851. The highest BCUT2D eigenvalue weighted by Crippen LogP contribution is 2.34. The molecule has 10 nitrogen and oxygen atoms in total. The minimum Gasteiger partial charge on any atom is -0.374 e. The Morgan fingerprint density at radius 2 is 1.82 bits per heavy atom. The second kappa shape index (κ2) is 9.38. The zero-order chi connectivity index (χ0) is 25.6. The van der Waals surface area contributed by atoms with Crippen molar-refractivity contribution in [3.05, 3.63) is 49.1 Å². The SMILES string of the molecule is CN1CCN(c2cncc3[nH]c(-c4n[nH]c5ccc(-c6cncc(NC(O)C7CCC7)c6)cc45)nc23)CC1. The lowest BCUT2D eigenvalue weighted by Gasteiger charge is -2.33. The van der Waals surface area contributed by atoms with Gasteiger partial charge in [-0.3, -0.25) is 15.1 Å². The molecule has 0 radical (unpaired) electrons. The number of nitrogens with one attached hydrogen (secondary N) is 3. The van der Waals surface area contributed by atoms with E-state index in [9.17, 15) is 5.11 Å². The third-order valence-corrected chi connectivity index (χ3v) is 7.99. The number of H-pyrrole nitrogens is 2. The van der Waals surface area contributed by atoms with Gasteiger partial charge in [0.1, 0.15) is 17.4 Å². The van der Waals surface area contributed by atoms with E-state index in [4.69, 9.17) is 4.98 Å². The largest absolute Gasteiger partial charge is 0.374 e. The summed E-state index contributed by atoms with van der Waals surface area (Å²) in [5.41, 5.74) is 7.38. The first-order valence-electron chi connectivity index (χ1n) is 13.3. The van der Waals surface area contributed by atoms with Gasteiger partial charge in [-0.05, 0) is 43.7 Å². The van der Waals surface area contributed by atoms with Crippen LogP contribution in [0.3, 0.4) is 0 Å². The molecule has 1 saturated carbocycles. The number of hydrogen-bond donors (Lipinski definition) is 4. The van der Waals surface area contributed by atoms with Crippen LogP contribution in [-0.4, -0.2) is 79.6 Å². The number of imidazole rings is 1. The number of aliphatic hydroxyl groups excluding tert-OH is 1. The van der Waals surface area contributed by atoms with Gasteiger partial charge in [0.15, 0.2) is 5.82 Å². The zero-order valence-corrected chi connectivity index (χ0v) is 21.4. The molecule has 194 valence electrons. The summed E-state index contributed by atoms with van der Waals surface area (Å²) in [4.78, 5) is 22.0. The standard InChI is InChI=1S/C28H31N9O/c1-36-7-9-37(10-8-36)24-16-30-15-23-26(24)33-27(32-23)25-21-12-18(5-6-22(21)34-35-25)19-11-20(14-29-13-19)31-28(38)17-3-2-4-17/h5-6,11-17,28,31,38H,2-4,7-10H2,1H3,(H,32,33)(H,34,35). The summed E-state index contributed by atoms with van der Waals surface area (Å²) in [5.74, 6) is 1.03. The number of hydrogen-bond acceptors (Lipinski definition) is 8. The van der Waals surface area contributed by atoms with Crippen LogP contribution in [0.2, 0.25) is 0 Å². The Kier molecular flexibility index (Phi) is 5.70. The van der Waals surface area contributed by atoms with Crippen molar-refractivity contribution in [2.24, 2.45) is 5.92 Å². The van der Waals surface area contributed by atoms with Crippen molar-refractivity contribution in [1.82, 2.24) is 35.0 Å². The summed E-state index contributed by atoms with van der Waals surface area (Å²) in [6.07, 6.45) is 10.1. The smallest absolute Gasteiger partial charge is 0.159 e. The van der Waals surface area contributed by atoms with E-state index in [1.807, 2.05) is 30.7 Å². The molecule has 1 aliphatic carbocycles. The van der Waals surface area contributed by atoms with Crippen LogP contribution in [0.5, 0.6) is 0 Å². The van der Waals surface area contributed by atoms with Gasteiger partial charge in [-0.2, -0.15) is 5.10 Å². The number of pyridine rings is 2. The summed E-state index contributed by atoms with van der Waals surface area (Å²) in [6.45, 7) is 3.94. The molecule has 1 unspecified atom stereocenters. The van der Waals surface area contributed by atoms with E-state index in [0.29, 0.717) is 11.7 Å². The molecule has 0 spiro atoms. The fraction of sp³-hybridized carbons (Fsp3) is 0.357. The molecule has 1 aliphatic heterocycles. The minimum atomic E-state index is -0.540. The van der Waals surface area contributed by atoms with Crippen molar-refractivity contribution in [2.45, 2.75) is 25.5 Å². The Morgan fingerprint density at radius 3 is 2.63 bits per heavy atom. The van der Waals surface area contributed by atoms with Gasteiger partial charge >= 0.3 is 0 Å². The van der Waals surface area contributed by atoms with Gasteiger partial charge in [-0.1, -0.05) is 12.5 Å². The Morgan fingerprint density at radius 1 is 0.974 bits per heavy atom. The number of aromatic amines is 2. The number of anilines is 2. The number of rotatable bonds is 6. The fourth-order valence-corrected chi connectivity index (χ4v) is 5.40. The molecular formula is C28H31N9O. The quantitative estimate of drug-likeness (QED) is 0.255. The Bertz CT molecular complexity index is 1600. The maximum absolute atomic E-state index is 10.5. The molecule has 4 aromatic heterocycles. The number of aromatic nitrogens is 6. The minimum absolute atomic E-state index is 0.319. The molecule has 0 bridgehead atoms. The number of benzene rings is 1. The van der Waals surface area contributed by atoms with Crippen molar-refractivity contribution in [1.29, 1.82) is 0 Å². The van der Waals surface area contributed by atoms with Crippen LogP contribution in [-0.2, 0) is 0 Å². The van der Waals surface area contributed by atoms with Gasteiger partial charge in [0, 0.05) is 49.2 Å². The Labute approximate surface area is 220 Å². The summed E-state index contributed by atoms with van der Waals surface area (Å²) in [5, 5.41) is 22.4. The number of piperazine rings is 1. The molecule has 38 heavy (non-hydrogen) atoms. The average molecular weight is 510 g/mol. The summed E-state index contributed by atoms with van der Waals surface area (Å²) >= 11 is 0. The van der Waals surface area contributed by atoms with E-state index in [0.717, 1.165) is 89.2 Å². The van der Waals surface area contributed by atoms with Crippen molar-refractivity contribution in [2.75, 3.05) is 43.4 Å². The number of fused-ring (bicyclic) bond motifs is 2. The molecule has 7 rings (SSSR count). The van der Waals surface area contributed by atoms with Gasteiger partial charge in [0.05, 0.1) is 41.0 Å². The van der Waals surface area contributed by atoms with Gasteiger partial charge < -0.3 is 25.2 Å². The Balaban J connectivity index is 1.22. The van der Waals surface area contributed by atoms with Gasteiger partial charge in [0.2, 0.25) is 0 Å². The van der Waals surface area contributed by atoms with E-state index >= 15 is 0 Å². The lowest BCUT2D eigenvalue weighted by atomic mass is 9.84. The van der Waals surface area contributed by atoms with Gasteiger partial charge in [-0.15, -0.1) is 0 Å². The second-order valence-electron chi connectivity index (χ2n) is 10.5. The third kappa shape index (κ3) is 4.15. The normalized spacial score (nSPS) is 17.7. The Hall–Kier alpha value is -4.02. The van der Waals surface area contributed by atoms with Crippen LogP contribution in [0.15, 0.2) is 49.1 Å². The van der Waals surface area contributed by atoms with E-state index in [-0.39, 0.29) is 0 Å². The zero-order valence-electron chi connectivity index (χ0n) is 21.4. The predicted molar refractivity (Wildman–Crippen MR) is 149 cm³/mol. The summed E-state index contributed by atoms with van der Waals surface area (Å²) in [7, 11) is 2.15. The molecule has 1 saturated heterocycles. The predicted octanol–water partition coefficient (Wildman–Crippen LogP) is 3.85. The highest BCUT2D eigenvalue weighted by molar-refractivity contribution is 5.97. The number of nitrogens with zero attached hydrogens (tertiary/aromatic N) is 6. The lowest BCUT2D eigenvalue weighted by Crippen LogP contribution is -2.44. The highest BCUT2D eigenvalue weighted by atomic mass is 16.3. The monoisotopic (exact) mass is 509 g/mol.